The molecule has 0 bridgehead atoms. The highest BCUT2D eigenvalue weighted by atomic mass is 79.9. The van der Waals surface area contributed by atoms with Crippen LogP contribution < -0.4 is 4.74 Å². The second-order valence-corrected chi connectivity index (χ2v) is 7.44. The summed E-state index contributed by atoms with van der Waals surface area (Å²) in [5.41, 5.74) is 2.22. The third-order valence-corrected chi connectivity index (χ3v) is 4.34. The van der Waals surface area contributed by atoms with E-state index in [0.717, 1.165) is 21.3 Å². The van der Waals surface area contributed by atoms with E-state index in [9.17, 15) is 0 Å². The summed E-state index contributed by atoms with van der Waals surface area (Å²) in [5.74, 6) is 0.814. The third-order valence-electron chi connectivity index (χ3n) is 3.72. The first-order valence-corrected chi connectivity index (χ1v) is 8.52. The topological polar surface area (TPSA) is 27.7 Å². The van der Waals surface area contributed by atoms with Gasteiger partial charge < -0.3 is 14.2 Å². The average Bonchev–Trinajstić information content (AvgIpc) is 2.55. The lowest BCUT2D eigenvalue weighted by molar-refractivity contribution is -0.226. The smallest absolute Gasteiger partial charge is 0.183 e. The molecule has 4 heteroatoms. The molecule has 0 aromatic heterocycles. The van der Waals surface area contributed by atoms with Crippen LogP contribution in [0.3, 0.4) is 0 Å². The summed E-state index contributed by atoms with van der Waals surface area (Å²) in [4.78, 5) is 0. The summed E-state index contributed by atoms with van der Waals surface area (Å²) < 4.78 is 18.4. The predicted octanol–water partition coefficient (Wildman–Crippen LogP) is 5.10. The Morgan fingerprint density at radius 2 is 1.78 bits per heavy atom. The van der Waals surface area contributed by atoms with Crippen molar-refractivity contribution in [1.29, 1.82) is 0 Å². The van der Waals surface area contributed by atoms with Gasteiger partial charge in [-0.2, -0.15) is 0 Å². The molecule has 2 aromatic rings. The van der Waals surface area contributed by atoms with Gasteiger partial charge in [-0.1, -0.05) is 50.2 Å². The molecule has 3 rings (SSSR count). The van der Waals surface area contributed by atoms with E-state index in [0.29, 0.717) is 19.8 Å². The average molecular weight is 377 g/mol. The van der Waals surface area contributed by atoms with Crippen molar-refractivity contribution in [3.63, 3.8) is 0 Å². The number of benzene rings is 2. The van der Waals surface area contributed by atoms with Crippen LogP contribution in [0.2, 0.25) is 0 Å². The van der Waals surface area contributed by atoms with Gasteiger partial charge in [0.05, 0.1) is 17.7 Å². The number of ether oxygens (including phenoxy) is 3. The van der Waals surface area contributed by atoms with Gasteiger partial charge in [0, 0.05) is 11.0 Å². The van der Waals surface area contributed by atoms with E-state index in [1.165, 1.54) is 0 Å². The van der Waals surface area contributed by atoms with Crippen LogP contribution >= 0.6 is 15.9 Å². The van der Waals surface area contributed by atoms with Crippen LogP contribution in [0, 0.1) is 5.41 Å². The van der Waals surface area contributed by atoms with Crippen LogP contribution in [0.4, 0.5) is 0 Å². The van der Waals surface area contributed by atoms with Gasteiger partial charge in [0.2, 0.25) is 0 Å². The summed E-state index contributed by atoms with van der Waals surface area (Å²) >= 11 is 3.57. The molecule has 122 valence electrons. The fourth-order valence-electron chi connectivity index (χ4n) is 2.40. The molecule has 0 aliphatic carbocycles. The van der Waals surface area contributed by atoms with Crippen LogP contribution in [0.5, 0.6) is 5.75 Å². The Labute approximate surface area is 145 Å². The maximum atomic E-state index is 5.87. The zero-order valence-electron chi connectivity index (χ0n) is 13.4. The first-order chi connectivity index (χ1) is 11.0. The van der Waals surface area contributed by atoms with Gasteiger partial charge in [-0.05, 0) is 33.6 Å². The quantitative estimate of drug-likeness (QED) is 0.742. The molecule has 0 atom stereocenters. The summed E-state index contributed by atoms with van der Waals surface area (Å²) in [6.07, 6.45) is -0.303. The van der Waals surface area contributed by atoms with Gasteiger partial charge in [0.25, 0.3) is 0 Å². The molecule has 0 radical (unpaired) electrons. The van der Waals surface area contributed by atoms with E-state index in [-0.39, 0.29) is 11.7 Å². The molecule has 0 saturated carbocycles. The maximum Gasteiger partial charge on any atom is 0.183 e. The van der Waals surface area contributed by atoms with E-state index in [1.54, 1.807) is 0 Å². The van der Waals surface area contributed by atoms with Crippen LogP contribution in [-0.4, -0.2) is 13.2 Å². The molecule has 0 unspecified atom stereocenters. The lowest BCUT2D eigenvalue weighted by atomic mass is 9.95. The first-order valence-electron chi connectivity index (χ1n) is 7.73. The molecule has 1 aliphatic rings. The monoisotopic (exact) mass is 376 g/mol. The van der Waals surface area contributed by atoms with E-state index in [2.05, 4.69) is 29.8 Å². The van der Waals surface area contributed by atoms with Crippen molar-refractivity contribution in [2.24, 2.45) is 5.41 Å². The molecule has 1 aliphatic heterocycles. The molecule has 1 heterocycles. The molecule has 3 nitrogen and oxygen atoms in total. The number of rotatable bonds is 4. The summed E-state index contributed by atoms with van der Waals surface area (Å²) in [6.45, 7) is 6.21. The molecule has 2 aromatic carbocycles. The van der Waals surface area contributed by atoms with Crippen molar-refractivity contribution in [3.05, 3.63) is 64.1 Å². The Hall–Kier alpha value is -1.36. The van der Waals surface area contributed by atoms with Gasteiger partial charge in [-0.15, -0.1) is 0 Å². The largest absolute Gasteiger partial charge is 0.488 e. The predicted molar refractivity (Wildman–Crippen MR) is 93.3 cm³/mol. The fourth-order valence-corrected chi connectivity index (χ4v) is 2.91. The lowest BCUT2D eigenvalue weighted by Crippen LogP contribution is -2.33. The normalized spacial score (nSPS) is 17.9. The molecule has 23 heavy (non-hydrogen) atoms. The molecular weight excluding hydrogens is 356 g/mol. The molecule has 0 spiro atoms. The minimum Gasteiger partial charge on any atom is -0.488 e. The van der Waals surface area contributed by atoms with Gasteiger partial charge in [-0.3, -0.25) is 0 Å². The van der Waals surface area contributed by atoms with Crippen molar-refractivity contribution in [1.82, 2.24) is 0 Å². The van der Waals surface area contributed by atoms with E-state index in [1.807, 2.05) is 48.5 Å². The second-order valence-electron chi connectivity index (χ2n) is 6.58. The summed E-state index contributed by atoms with van der Waals surface area (Å²) in [6, 6.07) is 16.1. The highest BCUT2D eigenvalue weighted by Gasteiger charge is 2.29. The van der Waals surface area contributed by atoms with Gasteiger partial charge >= 0.3 is 0 Å². The Balaban J connectivity index is 1.64. The fraction of sp³-hybridized carbons (Fsp3) is 0.368. The number of halogens is 1. The third kappa shape index (κ3) is 4.34. The van der Waals surface area contributed by atoms with Gasteiger partial charge in [-0.25, -0.2) is 0 Å². The lowest BCUT2D eigenvalue weighted by Gasteiger charge is -2.34. The van der Waals surface area contributed by atoms with Crippen LogP contribution in [-0.2, 0) is 16.1 Å². The van der Waals surface area contributed by atoms with E-state index < -0.39 is 0 Å². The van der Waals surface area contributed by atoms with E-state index >= 15 is 0 Å². The van der Waals surface area contributed by atoms with Crippen LogP contribution in [0.25, 0.3) is 0 Å². The SMILES string of the molecule is CC1(C)COC(c2ccc(OCc3ccccc3)c(Br)c2)OC1. The summed E-state index contributed by atoms with van der Waals surface area (Å²) in [7, 11) is 0. The van der Waals surface area contributed by atoms with Gasteiger partial charge in [0.15, 0.2) is 6.29 Å². The number of hydrogen-bond acceptors (Lipinski definition) is 3. The Morgan fingerprint density at radius 3 is 2.43 bits per heavy atom. The van der Waals surface area contributed by atoms with Gasteiger partial charge in [0.1, 0.15) is 12.4 Å². The van der Waals surface area contributed by atoms with Crippen LogP contribution in [0.15, 0.2) is 53.0 Å². The number of hydrogen-bond donors (Lipinski definition) is 0. The zero-order chi connectivity index (χ0) is 16.3. The zero-order valence-corrected chi connectivity index (χ0v) is 15.0. The molecule has 1 saturated heterocycles. The van der Waals surface area contributed by atoms with Crippen molar-refractivity contribution >= 4 is 15.9 Å². The Morgan fingerprint density at radius 1 is 1.09 bits per heavy atom. The van der Waals surface area contributed by atoms with E-state index in [4.69, 9.17) is 14.2 Å². The highest BCUT2D eigenvalue weighted by molar-refractivity contribution is 9.10. The minimum atomic E-state index is -0.303. The second kappa shape index (κ2) is 7.04. The first kappa shape index (κ1) is 16.5. The Bertz CT molecular complexity index is 645. The maximum absolute atomic E-state index is 5.87. The standard InChI is InChI=1S/C19H21BrO3/c1-19(2)12-22-18(23-13-19)15-8-9-17(16(20)10-15)21-11-14-6-4-3-5-7-14/h3-10,18H,11-13H2,1-2H3. The van der Waals surface area contributed by atoms with Crippen molar-refractivity contribution in [2.45, 2.75) is 26.7 Å². The van der Waals surface area contributed by atoms with Crippen molar-refractivity contribution in [2.75, 3.05) is 13.2 Å². The molecular formula is C19H21BrO3. The van der Waals surface area contributed by atoms with Crippen LogP contribution in [0.1, 0.15) is 31.3 Å². The summed E-state index contributed by atoms with van der Waals surface area (Å²) in [5, 5.41) is 0. The Kier molecular flexibility index (Phi) is 5.05. The molecule has 1 fully saturated rings. The molecule has 0 amide bonds. The minimum absolute atomic E-state index is 0.0759. The highest BCUT2D eigenvalue weighted by Crippen LogP contribution is 2.34. The van der Waals surface area contributed by atoms with Crippen molar-refractivity contribution in [3.8, 4) is 5.75 Å². The molecule has 0 N–H and O–H groups in total. The van der Waals surface area contributed by atoms with Crippen molar-refractivity contribution < 1.29 is 14.2 Å².